The van der Waals surface area contributed by atoms with Gasteiger partial charge in [0.25, 0.3) is 0 Å². The zero-order chi connectivity index (χ0) is 14.0. The molecule has 1 amide bonds. The Labute approximate surface area is 122 Å². The first kappa shape index (κ1) is 14.6. The quantitative estimate of drug-likeness (QED) is 0.722. The maximum absolute atomic E-state index is 11.6. The number of nitrogens with one attached hydrogen (secondary N) is 2. The second-order valence-electron chi connectivity index (χ2n) is 4.32. The van der Waals surface area contributed by atoms with Crippen LogP contribution in [0.25, 0.3) is 0 Å². The molecule has 0 spiro atoms. The second kappa shape index (κ2) is 8.37. The van der Waals surface area contributed by atoms with E-state index in [2.05, 4.69) is 32.6 Å². The molecular weight excluding hydrogens is 272 g/mol. The van der Waals surface area contributed by atoms with Crippen molar-refractivity contribution >= 4 is 17.7 Å². The van der Waals surface area contributed by atoms with E-state index in [0.29, 0.717) is 18.7 Å². The molecule has 0 saturated carbocycles. The van der Waals surface area contributed by atoms with Gasteiger partial charge in [-0.1, -0.05) is 30.3 Å². The largest absolute Gasteiger partial charge is 0.355 e. The van der Waals surface area contributed by atoms with Gasteiger partial charge < -0.3 is 5.32 Å². The average Bonchev–Trinajstić information content (AvgIpc) is 2.98. The zero-order valence-electron chi connectivity index (χ0n) is 11.2. The van der Waals surface area contributed by atoms with Crippen molar-refractivity contribution in [1.82, 2.24) is 20.5 Å². The molecule has 0 saturated heterocycles. The van der Waals surface area contributed by atoms with Crippen molar-refractivity contribution in [2.45, 2.75) is 12.8 Å². The van der Waals surface area contributed by atoms with Crippen molar-refractivity contribution in [3.05, 3.63) is 48.0 Å². The minimum atomic E-state index is 0.0718. The highest BCUT2D eigenvalue weighted by Crippen LogP contribution is 2.06. The number of H-pyrrole nitrogens is 1. The lowest BCUT2D eigenvalue weighted by atomic mass is 10.2. The highest BCUT2D eigenvalue weighted by atomic mass is 32.2. The average molecular weight is 290 g/mol. The number of aryl methyl sites for hydroxylation is 1. The van der Waals surface area contributed by atoms with Crippen LogP contribution in [0.15, 0.2) is 36.7 Å². The van der Waals surface area contributed by atoms with E-state index in [0.717, 1.165) is 18.0 Å². The zero-order valence-corrected chi connectivity index (χ0v) is 12.0. The van der Waals surface area contributed by atoms with Crippen LogP contribution in [0, 0.1) is 0 Å². The summed E-state index contributed by atoms with van der Waals surface area (Å²) in [7, 11) is 0. The van der Waals surface area contributed by atoms with Crippen molar-refractivity contribution in [2.75, 3.05) is 18.1 Å². The summed E-state index contributed by atoms with van der Waals surface area (Å²) in [5, 5.41) is 9.39. The SMILES string of the molecule is O=C(CSCCc1ccccc1)NCCc1ncn[nH]1. The van der Waals surface area contributed by atoms with E-state index in [4.69, 9.17) is 0 Å². The number of amides is 1. The molecule has 0 atom stereocenters. The third-order valence-corrected chi connectivity index (χ3v) is 3.72. The number of hydrogen-bond donors (Lipinski definition) is 2. The van der Waals surface area contributed by atoms with E-state index in [-0.39, 0.29) is 5.91 Å². The summed E-state index contributed by atoms with van der Waals surface area (Å²) >= 11 is 1.66. The van der Waals surface area contributed by atoms with Gasteiger partial charge in [0.2, 0.25) is 5.91 Å². The van der Waals surface area contributed by atoms with Crippen LogP contribution < -0.4 is 5.32 Å². The highest BCUT2D eigenvalue weighted by Gasteiger charge is 2.02. The van der Waals surface area contributed by atoms with Gasteiger partial charge in [-0.25, -0.2) is 4.98 Å². The number of rotatable bonds is 8. The lowest BCUT2D eigenvalue weighted by molar-refractivity contribution is -0.118. The number of aromatic nitrogens is 3. The highest BCUT2D eigenvalue weighted by molar-refractivity contribution is 7.99. The smallest absolute Gasteiger partial charge is 0.230 e. The van der Waals surface area contributed by atoms with Crippen molar-refractivity contribution < 1.29 is 4.79 Å². The van der Waals surface area contributed by atoms with Gasteiger partial charge in [0.05, 0.1) is 5.75 Å². The molecule has 2 rings (SSSR count). The number of carbonyl (C=O) groups excluding carboxylic acids is 1. The van der Waals surface area contributed by atoms with Crippen LogP contribution in [-0.4, -0.2) is 39.1 Å². The van der Waals surface area contributed by atoms with Crippen LogP contribution in [0.1, 0.15) is 11.4 Å². The molecule has 5 nitrogen and oxygen atoms in total. The Hall–Kier alpha value is -1.82. The number of hydrogen-bond acceptors (Lipinski definition) is 4. The van der Waals surface area contributed by atoms with Gasteiger partial charge >= 0.3 is 0 Å². The Morgan fingerprint density at radius 1 is 1.25 bits per heavy atom. The Bertz CT molecular complexity index is 501. The Morgan fingerprint density at radius 3 is 2.85 bits per heavy atom. The van der Waals surface area contributed by atoms with Crippen LogP contribution in [0.3, 0.4) is 0 Å². The number of thioether (sulfide) groups is 1. The van der Waals surface area contributed by atoms with Crippen LogP contribution in [0.5, 0.6) is 0 Å². The van der Waals surface area contributed by atoms with Gasteiger partial charge in [-0.15, -0.1) is 0 Å². The summed E-state index contributed by atoms with van der Waals surface area (Å²) in [6.45, 7) is 0.591. The molecule has 1 aromatic carbocycles. The van der Waals surface area contributed by atoms with Gasteiger partial charge in [-0.3, -0.25) is 9.89 Å². The second-order valence-corrected chi connectivity index (χ2v) is 5.43. The summed E-state index contributed by atoms with van der Waals surface area (Å²) in [5.74, 6) is 2.33. The lowest BCUT2D eigenvalue weighted by Crippen LogP contribution is -2.27. The lowest BCUT2D eigenvalue weighted by Gasteiger charge is -2.04. The summed E-state index contributed by atoms with van der Waals surface area (Å²) in [4.78, 5) is 15.6. The first-order valence-corrected chi connectivity index (χ1v) is 7.72. The fourth-order valence-corrected chi connectivity index (χ4v) is 2.53. The van der Waals surface area contributed by atoms with Gasteiger partial charge in [-0.05, 0) is 17.7 Å². The minimum Gasteiger partial charge on any atom is -0.355 e. The Kier molecular flexibility index (Phi) is 6.10. The predicted molar refractivity (Wildman–Crippen MR) is 80.6 cm³/mol. The molecule has 1 aromatic heterocycles. The van der Waals surface area contributed by atoms with Crippen molar-refractivity contribution in [3.63, 3.8) is 0 Å². The van der Waals surface area contributed by atoms with Crippen LogP contribution >= 0.6 is 11.8 Å². The van der Waals surface area contributed by atoms with Gasteiger partial charge in [0.1, 0.15) is 12.2 Å². The monoisotopic (exact) mass is 290 g/mol. The van der Waals surface area contributed by atoms with Gasteiger partial charge in [0, 0.05) is 13.0 Å². The third kappa shape index (κ3) is 5.44. The normalized spacial score (nSPS) is 10.4. The van der Waals surface area contributed by atoms with Crippen LogP contribution in [0.4, 0.5) is 0 Å². The van der Waals surface area contributed by atoms with Gasteiger partial charge in [0.15, 0.2) is 0 Å². The van der Waals surface area contributed by atoms with E-state index < -0.39 is 0 Å². The summed E-state index contributed by atoms with van der Waals surface area (Å²) in [5.41, 5.74) is 1.31. The van der Waals surface area contributed by atoms with E-state index >= 15 is 0 Å². The number of aromatic amines is 1. The molecular formula is C14H18N4OS. The van der Waals surface area contributed by atoms with Gasteiger partial charge in [-0.2, -0.15) is 16.9 Å². The molecule has 0 radical (unpaired) electrons. The van der Waals surface area contributed by atoms with Crippen molar-refractivity contribution in [3.8, 4) is 0 Å². The molecule has 20 heavy (non-hydrogen) atoms. The summed E-state index contributed by atoms with van der Waals surface area (Å²) in [6, 6.07) is 10.3. The molecule has 0 unspecified atom stereocenters. The number of benzene rings is 1. The predicted octanol–water partition coefficient (Wildman–Crippen LogP) is 1.44. The molecule has 1 heterocycles. The fourth-order valence-electron chi connectivity index (χ4n) is 1.72. The molecule has 0 aliphatic heterocycles. The molecule has 0 aliphatic carbocycles. The maximum Gasteiger partial charge on any atom is 0.230 e. The number of carbonyl (C=O) groups is 1. The third-order valence-electron chi connectivity index (χ3n) is 2.76. The Balaban J connectivity index is 1.52. The molecule has 6 heteroatoms. The molecule has 106 valence electrons. The van der Waals surface area contributed by atoms with Crippen molar-refractivity contribution in [2.24, 2.45) is 0 Å². The van der Waals surface area contributed by atoms with Crippen molar-refractivity contribution in [1.29, 1.82) is 0 Å². The fraction of sp³-hybridized carbons (Fsp3) is 0.357. The van der Waals surface area contributed by atoms with Crippen LogP contribution in [-0.2, 0) is 17.6 Å². The maximum atomic E-state index is 11.6. The van der Waals surface area contributed by atoms with E-state index in [1.54, 1.807) is 11.8 Å². The summed E-state index contributed by atoms with van der Waals surface area (Å²) < 4.78 is 0. The topological polar surface area (TPSA) is 70.7 Å². The standard InChI is InChI=1S/C14H18N4OS/c19-14(15-8-6-13-16-11-17-18-13)10-20-9-7-12-4-2-1-3-5-12/h1-5,11H,6-10H2,(H,15,19)(H,16,17,18). The van der Waals surface area contributed by atoms with E-state index in [1.165, 1.54) is 11.9 Å². The molecule has 0 aliphatic rings. The molecule has 0 bridgehead atoms. The Morgan fingerprint density at radius 2 is 2.10 bits per heavy atom. The molecule has 2 aromatic rings. The molecule has 2 N–H and O–H groups in total. The van der Waals surface area contributed by atoms with E-state index in [1.807, 2.05) is 18.2 Å². The molecule has 0 fully saturated rings. The van der Waals surface area contributed by atoms with E-state index in [9.17, 15) is 4.79 Å². The summed E-state index contributed by atoms with van der Waals surface area (Å²) in [6.07, 6.45) is 3.15. The first-order valence-electron chi connectivity index (χ1n) is 6.57. The minimum absolute atomic E-state index is 0.0718. The number of nitrogens with zero attached hydrogens (tertiary/aromatic N) is 2. The van der Waals surface area contributed by atoms with Crippen LogP contribution in [0.2, 0.25) is 0 Å². The first-order chi connectivity index (χ1) is 9.84.